The minimum absolute atomic E-state index is 0.0452. The molecule has 4 rings (SSSR count). The van der Waals surface area contributed by atoms with E-state index in [0.29, 0.717) is 5.92 Å². The molecule has 1 atom stereocenters. The summed E-state index contributed by atoms with van der Waals surface area (Å²) < 4.78 is 12.5. The van der Waals surface area contributed by atoms with Gasteiger partial charge in [-0.2, -0.15) is 0 Å². The maximum absolute atomic E-state index is 6.57. The SMILES string of the molecule is CCCCC(CC)COc1cc(/C=C/c2ccc3c(c2)C(C)(C)c2cc(C(C)(C)C)ccc2-3)c(OC)cc1C(C)(C)C. The van der Waals surface area contributed by atoms with E-state index >= 15 is 0 Å². The molecule has 3 aromatic rings. The monoisotopic (exact) mass is 566 g/mol. The minimum Gasteiger partial charge on any atom is -0.496 e. The van der Waals surface area contributed by atoms with Crippen molar-refractivity contribution in [2.45, 2.75) is 111 Å². The first kappa shape index (κ1) is 31.9. The number of unbranched alkanes of at least 4 members (excludes halogenated alkanes) is 1. The van der Waals surface area contributed by atoms with Gasteiger partial charge in [0.25, 0.3) is 0 Å². The number of rotatable bonds is 10. The van der Waals surface area contributed by atoms with E-state index in [-0.39, 0.29) is 16.2 Å². The Morgan fingerprint density at radius 1 is 0.786 bits per heavy atom. The zero-order chi connectivity index (χ0) is 30.9. The van der Waals surface area contributed by atoms with Crippen LogP contribution in [0.1, 0.15) is 128 Å². The summed E-state index contributed by atoms with van der Waals surface area (Å²) in [6.45, 7) is 23.6. The largest absolute Gasteiger partial charge is 0.496 e. The summed E-state index contributed by atoms with van der Waals surface area (Å²) in [6.07, 6.45) is 9.24. The molecule has 0 aliphatic heterocycles. The lowest BCUT2D eigenvalue weighted by Gasteiger charge is -2.26. The van der Waals surface area contributed by atoms with E-state index in [2.05, 4.69) is 130 Å². The van der Waals surface area contributed by atoms with Gasteiger partial charge >= 0.3 is 0 Å². The molecule has 1 aliphatic rings. The van der Waals surface area contributed by atoms with Crippen LogP contribution in [0.4, 0.5) is 0 Å². The quantitative estimate of drug-likeness (QED) is 0.227. The summed E-state index contributed by atoms with van der Waals surface area (Å²) in [7, 11) is 1.76. The van der Waals surface area contributed by atoms with Crippen LogP contribution in [0.2, 0.25) is 0 Å². The van der Waals surface area contributed by atoms with Crippen LogP contribution < -0.4 is 9.47 Å². The molecule has 1 aliphatic carbocycles. The molecule has 0 aromatic heterocycles. The minimum atomic E-state index is -0.0522. The Morgan fingerprint density at radius 2 is 1.45 bits per heavy atom. The van der Waals surface area contributed by atoms with Gasteiger partial charge in [0.2, 0.25) is 0 Å². The Bertz CT molecular complexity index is 1430. The van der Waals surface area contributed by atoms with E-state index in [4.69, 9.17) is 9.47 Å². The number of hydrogen-bond donors (Lipinski definition) is 0. The molecule has 0 amide bonds. The molecule has 0 saturated carbocycles. The molecule has 0 bridgehead atoms. The van der Waals surface area contributed by atoms with Crippen molar-refractivity contribution in [2.75, 3.05) is 13.7 Å². The smallest absolute Gasteiger partial charge is 0.126 e. The van der Waals surface area contributed by atoms with Crippen molar-refractivity contribution in [1.82, 2.24) is 0 Å². The molecule has 3 aromatic carbocycles. The van der Waals surface area contributed by atoms with Crippen molar-refractivity contribution in [3.63, 3.8) is 0 Å². The maximum atomic E-state index is 6.57. The van der Waals surface area contributed by atoms with Crippen LogP contribution in [-0.4, -0.2) is 13.7 Å². The van der Waals surface area contributed by atoms with Gasteiger partial charge in [0.1, 0.15) is 11.5 Å². The Labute approximate surface area is 256 Å². The van der Waals surface area contributed by atoms with Gasteiger partial charge in [-0.25, -0.2) is 0 Å². The summed E-state index contributed by atoms with van der Waals surface area (Å²) >= 11 is 0. The predicted octanol–water partition coefficient (Wildman–Crippen LogP) is 11.4. The highest BCUT2D eigenvalue weighted by Gasteiger charge is 2.36. The van der Waals surface area contributed by atoms with Crippen molar-refractivity contribution in [3.8, 4) is 22.6 Å². The Hall–Kier alpha value is -3.00. The number of methoxy groups -OCH3 is 1. The number of ether oxygens (including phenoxy) is 2. The molecular formula is C40H54O2. The van der Waals surface area contributed by atoms with E-state index in [1.807, 2.05) is 0 Å². The fourth-order valence-corrected chi connectivity index (χ4v) is 6.21. The van der Waals surface area contributed by atoms with E-state index in [0.717, 1.165) is 30.1 Å². The number of benzene rings is 3. The second-order valence-electron chi connectivity index (χ2n) is 14.8. The first-order valence-corrected chi connectivity index (χ1v) is 16.0. The maximum Gasteiger partial charge on any atom is 0.126 e. The Kier molecular flexibility index (Phi) is 9.36. The molecule has 0 spiro atoms. The molecule has 226 valence electrons. The van der Waals surface area contributed by atoms with Gasteiger partial charge in [0.15, 0.2) is 0 Å². The Balaban J connectivity index is 1.67. The van der Waals surface area contributed by atoms with Crippen LogP contribution >= 0.6 is 0 Å². The van der Waals surface area contributed by atoms with Gasteiger partial charge in [-0.15, -0.1) is 0 Å². The standard InChI is InChI=1S/C40H54O2/c1-12-14-15-27(13-2)26-42-37-23-29(36(41-11)25-35(37)39(6,7)8)18-16-28-17-20-31-32-21-19-30(38(3,4)5)24-34(32)40(9,10)33(31)22-28/h16-25,27H,12-15,26H2,1-11H3/b18-16+. The lowest BCUT2D eigenvalue weighted by atomic mass is 9.79. The first-order valence-electron chi connectivity index (χ1n) is 16.0. The van der Waals surface area contributed by atoms with Gasteiger partial charge in [0, 0.05) is 16.5 Å². The number of hydrogen-bond acceptors (Lipinski definition) is 2. The summed E-state index contributed by atoms with van der Waals surface area (Å²) in [6, 6.07) is 18.3. The molecule has 42 heavy (non-hydrogen) atoms. The normalized spacial score (nSPS) is 15.0. The van der Waals surface area contributed by atoms with Gasteiger partial charge in [-0.05, 0) is 68.7 Å². The average Bonchev–Trinajstić information content (AvgIpc) is 3.16. The van der Waals surface area contributed by atoms with Crippen LogP contribution in [0.5, 0.6) is 11.5 Å². The lowest BCUT2D eigenvalue weighted by Crippen LogP contribution is -2.17. The van der Waals surface area contributed by atoms with Crippen LogP contribution in [0.25, 0.3) is 23.3 Å². The molecular weight excluding hydrogens is 512 g/mol. The van der Waals surface area contributed by atoms with Gasteiger partial charge in [-0.3, -0.25) is 0 Å². The second-order valence-corrected chi connectivity index (χ2v) is 14.8. The Morgan fingerprint density at radius 3 is 2.05 bits per heavy atom. The predicted molar refractivity (Wildman–Crippen MR) is 182 cm³/mol. The topological polar surface area (TPSA) is 18.5 Å². The van der Waals surface area contributed by atoms with Crippen LogP contribution in [0, 0.1) is 5.92 Å². The van der Waals surface area contributed by atoms with Crippen molar-refractivity contribution in [2.24, 2.45) is 5.92 Å². The van der Waals surface area contributed by atoms with E-state index in [1.54, 1.807) is 7.11 Å². The lowest BCUT2D eigenvalue weighted by molar-refractivity contribution is 0.228. The van der Waals surface area contributed by atoms with Crippen LogP contribution in [0.3, 0.4) is 0 Å². The molecule has 0 N–H and O–H groups in total. The fourth-order valence-electron chi connectivity index (χ4n) is 6.21. The molecule has 2 heteroatoms. The second kappa shape index (κ2) is 12.3. The van der Waals surface area contributed by atoms with Gasteiger partial charge in [0.05, 0.1) is 13.7 Å². The molecule has 0 fully saturated rings. The molecule has 2 nitrogen and oxygen atoms in total. The molecule has 1 unspecified atom stereocenters. The summed E-state index contributed by atoms with van der Waals surface area (Å²) in [5, 5.41) is 0. The summed E-state index contributed by atoms with van der Waals surface area (Å²) in [5.74, 6) is 2.43. The number of fused-ring (bicyclic) bond motifs is 3. The molecule has 0 saturated heterocycles. The van der Waals surface area contributed by atoms with Crippen LogP contribution in [-0.2, 0) is 16.2 Å². The highest BCUT2D eigenvalue weighted by molar-refractivity contribution is 5.83. The van der Waals surface area contributed by atoms with E-state index < -0.39 is 0 Å². The third kappa shape index (κ3) is 6.64. The third-order valence-corrected chi connectivity index (χ3v) is 9.18. The first-order chi connectivity index (χ1) is 19.7. The molecule has 0 radical (unpaired) electrons. The van der Waals surface area contributed by atoms with Crippen molar-refractivity contribution in [1.29, 1.82) is 0 Å². The highest BCUT2D eigenvalue weighted by atomic mass is 16.5. The van der Waals surface area contributed by atoms with Crippen LogP contribution in [0.15, 0.2) is 48.5 Å². The van der Waals surface area contributed by atoms with Crippen molar-refractivity contribution >= 4 is 12.2 Å². The van der Waals surface area contributed by atoms with Crippen molar-refractivity contribution in [3.05, 3.63) is 81.9 Å². The van der Waals surface area contributed by atoms with Crippen molar-refractivity contribution < 1.29 is 9.47 Å². The van der Waals surface area contributed by atoms with Gasteiger partial charge in [-0.1, -0.05) is 137 Å². The summed E-state index contributed by atoms with van der Waals surface area (Å²) in [5.41, 5.74) is 10.4. The van der Waals surface area contributed by atoms with Gasteiger partial charge < -0.3 is 9.47 Å². The zero-order valence-electron chi connectivity index (χ0n) is 28.2. The average molecular weight is 567 g/mol. The molecule has 0 heterocycles. The van der Waals surface area contributed by atoms with E-state index in [9.17, 15) is 0 Å². The fraction of sp³-hybridized carbons (Fsp3) is 0.500. The zero-order valence-corrected chi connectivity index (χ0v) is 28.2. The summed E-state index contributed by atoms with van der Waals surface area (Å²) in [4.78, 5) is 0. The highest BCUT2D eigenvalue weighted by Crippen LogP contribution is 2.50. The van der Waals surface area contributed by atoms with E-state index in [1.165, 1.54) is 58.2 Å². The third-order valence-electron chi connectivity index (χ3n) is 9.18.